The number of hydrogen-bond donors (Lipinski definition) is 2. The van der Waals surface area contributed by atoms with Gasteiger partial charge in [-0.3, -0.25) is 0 Å². The van der Waals surface area contributed by atoms with Crippen LogP contribution in [0.2, 0.25) is 0 Å². The minimum Gasteiger partial charge on any atom is -0.390 e. The largest absolute Gasteiger partial charge is 0.390 e. The molecule has 0 amide bonds. The molecule has 18 heavy (non-hydrogen) atoms. The molecule has 0 aliphatic carbocycles. The highest BCUT2D eigenvalue weighted by Gasteiger charge is 2.17. The van der Waals surface area contributed by atoms with Gasteiger partial charge in [0.1, 0.15) is 0 Å². The average Bonchev–Trinajstić information content (AvgIpc) is 2.31. The summed E-state index contributed by atoms with van der Waals surface area (Å²) >= 11 is 0. The van der Waals surface area contributed by atoms with E-state index in [1.54, 1.807) is 0 Å². The molecular weight excluding hydrogens is 222 g/mol. The van der Waals surface area contributed by atoms with Gasteiger partial charge >= 0.3 is 0 Å². The topological polar surface area (TPSA) is 46.2 Å². The summed E-state index contributed by atoms with van der Waals surface area (Å²) in [6.07, 6.45) is 15.1. The predicted octanol–water partition coefficient (Wildman–Crippen LogP) is 4.40. The fourth-order valence-electron chi connectivity index (χ4n) is 2.43. The minimum absolute atomic E-state index is 0.533. The van der Waals surface area contributed by atoms with Gasteiger partial charge in [0.2, 0.25) is 0 Å². The summed E-state index contributed by atoms with van der Waals surface area (Å²) in [7, 11) is 0. The molecule has 0 aromatic heterocycles. The Morgan fingerprint density at radius 1 is 0.778 bits per heavy atom. The van der Waals surface area contributed by atoms with Gasteiger partial charge in [-0.1, -0.05) is 71.1 Å². The molecule has 0 fully saturated rings. The highest BCUT2D eigenvalue weighted by Crippen LogP contribution is 2.18. The van der Waals surface area contributed by atoms with E-state index in [4.69, 9.17) is 5.73 Å². The van der Waals surface area contributed by atoms with Gasteiger partial charge in [0.05, 0.1) is 5.60 Å². The van der Waals surface area contributed by atoms with E-state index in [1.807, 2.05) is 6.92 Å². The molecule has 0 aromatic carbocycles. The molecule has 0 saturated heterocycles. The summed E-state index contributed by atoms with van der Waals surface area (Å²) in [5.74, 6) is 0. The van der Waals surface area contributed by atoms with Crippen LogP contribution in [-0.2, 0) is 0 Å². The lowest BCUT2D eigenvalue weighted by atomic mass is 9.94. The van der Waals surface area contributed by atoms with Crippen LogP contribution in [0.3, 0.4) is 0 Å². The standard InChI is InChI=1S/C16H35NO/c1-3-4-5-6-7-8-9-10-11-12-13-16(2,18)14-15-17/h18H,3-15,17H2,1-2H3. The molecule has 0 spiro atoms. The number of hydrogen-bond acceptors (Lipinski definition) is 2. The highest BCUT2D eigenvalue weighted by molar-refractivity contribution is 4.72. The Bertz CT molecular complexity index is 168. The molecule has 0 aliphatic heterocycles. The first-order valence-corrected chi connectivity index (χ1v) is 8.05. The number of unbranched alkanes of at least 4 members (excludes halogenated alkanes) is 9. The van der Waals surface area contributed by atoms with E-state index in [-0.39, 0.29) is 0 Å². The van der Waals surface area contributed by atoms with Crippen LogP contribution in [0.1, 0.15) is 90.9 Å². The van der Waals surface area contributed by atoms with E-state index >= 15 is 0 Å². The maximum Gasteiger partial charge on any atom is 0.0631 e. The maximum atomic E-state index is 9.96. The van der Waals surface area contributed by atoms with Crippen LogP contribution in [0.15, 0.2) is 0 Å². The molecule has 0 heterocycles. The molecule has 1 atom stereocenters. The molecule has 110 valence electrons. The maximum absolute atomic E-state index is 9.96. The first kappa shape index (κ1) is 17.9. The second kappa shape index (κ2) is 12.0. The zero-order valence-electron chi connectivity index (χ0n) is 12.7. The van der Waals surface area contributed by atoms with Crippen molar-refractivity contribution in [2.45, 2.75) is 96.5 Å². The van der Waals surface area contributed by atoms with Gasteiger partial charge in [0, 0.05) is 0 Å². The van der Waals surface area contributed by atoms with Gasteiger partial charge in [-0.25, -0.2) is 0 Å². The zero-order valence-corrected chi connectivity index (χ0v) is 12.7. The van der Waals surface area contributed by atoms with Crippen molar-refractivity contribution < 1.29 is 5.11 Å². The number of aliphatic hydroxyl groups is 1. The van der Waals surface area contributed by atoms with Gasteiger partial charge in [-0.2, -0.15) is 0 Å². The molecule has 2 heteroatoms. The molecule has 0 bridgehead atoms. The van der Waals surface area contributed by atoms with E-state index in [1.165, 1.54) is 57.8 Å². The van der Waals surface area contributed by atoms with Crippen LogP contribution in [0.4, 0.5) is 0 Å². The summed E-state index contributed by atoms with van der Waals surface area (Å²) in [5, 5.41) is 9.96. The number of nitrogens with two attached hydrogens (primary N) is 1. The molecule has 0 rings (SSSR count). The fraction of sp³-hybridized carbons (Fsp3) is 1.00. The zero-order chi connectivity index (χ0) is 13.7. The quantitative estimate of drug-likeness (QED) is 0.480. The van der Waals surface area contributed by atoms with E-state index in [2.05, 4.69) is 6.92 Å². The van der Waals surface area contributed by atoms with Gasteiger partial charge < -0.3 is 10.8 Å². The van der Waals surface area contributed by atoms with Crippen LogP contribution >= 0.6 is 0 Å². The second-order valence-corrected chi connectivity index (χ2v) is 5.97. The smallest absolute Gasteiger partial charge is 0.0631 e. The molecule has 0 radical (unpaired) electrons. The fourth-order valence-corrected chi connectivity index (χ4v) is 2.43. The van der Waals surface area contributed by atoms with Gasteiger partial charge in [0.15, 0.2) is 0 Å². The Labute approximate surface area is 114 Å². The highest BCUT2D eigenvalue weighted by atomic mass is 16.3. The molecule has 0 saturated carbocycles. The van der Waals surface area contributed by atoms with E-state index < -0.39 is 5.60 Å². The Hall–Kier alpha value is -0.0800. The van der Waals surface area contributed by atoms with Crippen LogP contribution in [-0.4, -0.2) is 17.3 Å². The SMILES string of the molecule is CCCCCCCCCCCCC(C)(O)CCN. The van der Waals surface area contributed by atoms with Crippen LogP contribution in [0.25, 0.3) is 0 Å². The first-order valence-electron chi connectivity index (χ1n) is 8.05. The normalized spacial score (nSPS) is 14.7. The van der Waals surface area contributed by atoms with Crippen molar-refractivity contribution in [1.82, 2.24) is 0 Å². The van der Waals surface area contributed by atoms with Crippen molar-refractivity contribution in [2.24, 2.45) is 5.73 Å². The third kappa shape index (κ3) is 12.4. The Kier molecular flexibility index (Phi) is 11.9. The Balaban J connectivity index is 3.16. The summed E-state index contributed by atoms with van der Waals surface area (Å²) in [4.78, 5) is 0. The van der Waals surface area contributed by atoms with Crippen molar-refractivity contribution >= 4 is 0 Å². The third-order valence-electron chi connectivity index (χ3n) is 3.75. The van der Waals surface area contributed by atoms with Crippen LogP contribution in [0, 0.1) is 0 Å². The van der Waals surface area contributed by atoms with E-state index in [0.29, 0.717) is 6.54 Å². The molecule has 2 nitrogen and oxygen atoms in total. The third-order valence-corrected chi connectivity index (χ3v) is 3.75. The lowest BCUT2D eigenvalue weighted by Crippen LogP contribution is -2.27. The van der Waals surface area contributed by atoms with E-state index in [9.17, 15) is 5.11 Å². The second-order valence-electron chi connectivity index (χ2n) is 5.97. The molecule has 0 aromatic rings. The van der Waals surface area contributed by atoms with Crippen LogP contribution < -0.4 is 5.73 Å². The van der Waals surface area contributed by atoms with Gasteiger partial charge in [0.25, 0.3) is 0 Å². The Morgan fingerprint density at radius 2 is 1.22 bits per heavy atom. The first-order chi connectivity index (χ1) is 8.62. The summed E-state index contributed by atoms with van der Waals surface area (Å²) in [6, 6.07) is 0. The molecule has 1 unspecified atom stereocenters. The predicted molar refractivity (Wildman–Crippen MR) is 80.8 cm³/mol. The van der Waals surface area contributed by atoms with Crippen molar-refractivity contribution in [1.29, 1.82) is 0 Å². The lowest BCUT2D eigenvalue weighted by Gasteiger charge is -2.22. The van der Waals surface area contributed by atoms with Crippen LogP contribution in [0.5, 0.6) is 0 Å². The molecule has 0 aliphatic rings. The average molecular weight is 257 g/mol. The van der Waals surface area contributed by atoms with Crippen molar-refractivity contribution in [2.75, 3.05) is 6.54 Å². The number of rotatable bonds is 13. The molecular formula is C16H35NO. The summed E-state index contributed by atoms with van der Waals surface area (Å²) < 4.78 is 0. The van der Waals surface area contributed by atoms with E-state index in [0.717, 1.165) is 19.3 Å². The Morgan fingerprint density at radius 3 is 1.67 bits per heavy atom. The van der Waals surface area contributed by atoms with Gasteiger partial charge in [-0.15, -0.1) is 0 Å². The monoisotopic (exact) mass is 257 g/mol. The summed E-state index contributed by atoms with van der Waals surface area (Å²) in [5.41, 5.74) is 4.94. The van der Waals surface area contributed by atoms with Crippen molar-refractivity contribution in [3.63, 3.8) is 0 Å². The van der Waals surface area contributed by atoms with Crippen molar-refractivity contribution in [3.05, 3.63) is 0 Å². The summed E-state index contributed by atoms with van der Waals surface area (Å²) in [6.45, 7) is 4.76. The molecule has 3 N–H and O–H groups in total. The van der Waals surface area contributed by atoms with Gasteiger partial charge in [-0.05, 0) is 26.3 Å². The minimum atomic E-state index is -0.533. The lowest BCUT2D eigenvalue weighted by molar-refractivity contribution is 0.0418. The van der Waals surface area contributed by atoms with Crippen molar-refractivity contribution in [3.8, 4) is 0 Å².